The lowest BCUT2D eigenvalue weighted by Crippen LogP contribution is -2.43. The van der Waals surface area contributed by atoms with E-state index in [-0.39, 0.29) is 18.6 Å². The number of hydrogen-bond donors (Lipinski definition) is 2. The van der Waals surface area contributed by atoms with Crippen molar-refractivity contribution in [3.8, 4) is 0 Å². The van der Waals surface area contributed by atoms with Crippen LogP contribution in [0.15, 0.2) is 12.4 Å². The van der Waals surface area contributed by atoms with Gasteiger partial charge in [-0.1, -0.05) is 19.3 Å². The summed E-state index contributed by atoms with van der Waals surface area (Å²) in [5, 5.41) is 12.3. The number of aliphatic hydroxyl groups excluding tert-OH is 1. The van der Waals surface area contributed by atoms with E-state index < -0.39 is 0 Å². The van der Waals surface area contributed by atoms with E-state index in [1.54, 1.807) is 11.1 Å². The molecule has 1 aliphatic rings. The summed E-state index contributed by atoms with van der Waals surface area (Å²) in [7, 11) is 0. The van der Waals surface area contributed by atoms with Gasteiger partial charge < -0.3 is 15.3 Å². The van der Waals surface area contributed by atoms with Crippen LogP contribution >= 0.6 is 0 Å². The lowest BCUT2D eigenvalue weighted by Gasteiger charge is -2.33. The van der Waals surface area contributed by atoms with Crippen LogP contribution in [-0.2, 0) is 0 Å². The largest absolute Gasteiger partial charge is 0.395 e. The van der Waals surface area contributed by atoms with Gasteiger partial charge in [0, 0.05) is 19.1 Å². The molecule has 21 heavy (non-hydrogen) atoms. The van der Waals surface area contributed by atoms with Gasteiger partial charge in [0.15, 0.2) is 0 Å². The van der Waals surface area contributed by atoms with E-state index in [2.05, 4.69) is 15.3 Å². The molecule has 116 valence electrons. The van der Waals surface area contributed by atoms with Gasteiger partial charge in [0.2, 0.25) is 0 Å². The molecule has 1 aliphatic carbocycles. The predicted molar refractivity (Wildman–Crippen MR) is 81.2 cm³/mol. The van der Waals surface area contributed by atoms with Gasteiger partial charge in [0.25, 0.3) is 5.91 Å². The number of amides is 1. The molecule has 1 saturated carbocycles. The molecule has 2 rings (SSSR count). The van der Waals surface area contributed by atoms with E-state index in [4.69, 9.17) is 0 Å². The molecule has 0 saturated heterocycles. The summed E-state index contributed by atoms with van der Waals surface area (Å²) in [6, 6.07) is 0.216. The lowest BCUT2D eigenvalue weighted by molar-refractivity contribution is 0.0579. The maximum atomic E-state index is 12.6. The molecule has 6 nitrogen and oxygen atoms in total. The minimum absolute atomic E-state index is 0.0227. The quantitative estimate of drug-likeness (QED) is 0.834. The fourth-order valence-electron chi connectivity index (χ4n) is 2.81. The van der Waals surface area contributed by atoms with Crippen molar-refractivity contribution < 1.29 is 9.90 Å². The number of carbonyl (C=O) groups excluding carboxylic acids is 1. The molecule has 1 amide bonds. The Morgan fingerprint density at radius 3 is 2.67 bits per heavy atom. The summed E-state index contributed by atoms with van der Waals surface area (Å²) in [5.41, 5.74) is 0.343. The second kappa shape index (κ2) is 7.93. The normalized spacial score (nSPS) is 15.7. The molecular formula is C15H24N4O2. The topological polar surface area (TPSA) is 78.4 Å². The smallest absolute Gasteiger partial charge is 0.274 e. The number of nitrogens with one attached hydrogen (secondary N) is 1. The summed E-state index contributed by atoms with van der Waals surface area (Å²) in [6.07, 6.45) is 8.62. The highest BCUT2D eigenvalue weighted by Gasteiger charge is 2.26. The van der Waals surface area contributed by atoms with Crippen LogP contribution in [0.5, 0.6) is 0 Å². The first kappa shape index (κ1) is 15.7. The molecule has 1 fully saturated rings. The third kappa shape index (κ3) is 4.14. The number of nitrogens with zero attached hydrogens (tertiary/aromatic N) is 3. The number of aromatic nitrogens is 2. The fourth-order valence-corrected chi connectivity index (χ4v) is 2.81. The van der Waals surface area contributed by atoms with Crippen molar-refractivity contribution >= 4 is 11.7 Å². The predicted octanol–water partition coefficient (Wildman–Crippen LogP) is 1.68. The Bertz CT molecular complexity index is 443. The Kier molecular flexibility index (Phi) is 5.92. The first-order chi connectivity index (χ1) is 10.3. The van der Waals surface area contributed by atoms with Gasteiger partial charge >= 0.3 is 0 Å². The van der Waals surface area contributed by atoms with Crippen LogP contribution in [0, 0.1) is 0 Å². The summed E-state index contributed by atoms with van der Waals surface area (Å²) in [5.74, 6) is 0.534. The van der Waals surface area contributed by atoms with Crippen LogP contribution in [0.1, 0.15) is 49.5 Å². The summed E-state index contributed by atoms with van der Waals surface area (Å²) < 4.78 is 0. The molecule has 0 radical (unpaired) electrons. The third-order valence-corrected chi connectivity index (χ3v) is 3.85. The van der Waals surface area contributed by atoms with Crippen molar-refractivity contribution in [2.75, 3.05) is 25.0 Å². The third-order valence-electron chi connectivity index (χ3n) is 3.85. The van der Waals surface area contributed by atoms with Crippen molar-refractivity contribution in [1.29, 1.82) is 0 Å². The molecule has 0 aromatic carbocycles. The van der Waals surface area contributed by atoms with E-state index in [0.29, 0.717) is 18.1 Å². The van der Waals surface area contributed by atoms with Gasteiger partial charge in [-0.25, -0.2) is 9.97 Å². The first-order valence-corrected chi connectivity index (χ1v) is 7.74. The first-order valence-electron chi connectivity index (χ1n) is 7.74. The van der Waals surface area contributed by atoms with Crippen molar-refractivity contribution in [3.05, 3.63) is 18.1 Å². The Labute approximate surface area is 125 Å². The molecular weight excluding hydrogens is 268 g/mol. The Hall–Kier alpha value is -1.69. The Balaban J connectivity index is 2.09. The average molecular weight is 292 g/mol. The van der Waals surface area contributed by atoms with Gasteiger partial charge in [-0.2, -0.15) is 0 Å². The average Bonchev–Trinajstić information content (AvgIpc) is 2.54. The molecule has 0 spiro atoms. The van der Waals surface area contributed by atoms with Gasteiger partial charge in [-0.3, -0.25) is 4.79 Å². The summed E-state index contributed by atoms with van der Waals surface area (Å²) >= 11 is 0. The number of aliphatic hydroxyl groups is 1. The zero-order valence-corrected chi connectivity index (χ0v) is 12.6. The van der Waals surface area contributed by atoms with E-state index >= 15 is 0 Å². The monoisotopic (exact) mass is 292 g/mol. The van der Waals surface area contributed by atoms with Gasteiger partial charge in [-0.05, 0) is 19.8 Å². The minimum atomic E-state index is -0.133. The van der Waals surface area contributed by atoms with Crippen LogP contribution in [0.4, 0.5) is 5.82 Å². The molecule has 1 aromatic rings. The van der Waals surface area contributed by atoms with Crippen molar-refractivity contribution in [2.24, 2.45) is 0 Å². The Morgan fingerprint density at radius 2 is 2.10 bits per heavy atom. The van der Waals surface area contributed by atoms with Gasteiger partial charge in [0.05, 0.1) is 19.0 Å². The number of hydrogen-bond acceptors (Lipinski definition) is 5. The Morgan fingerprint density at radius 1 is 1.33 bits per heavy atom. The minimum Gasteiger partial charge on any atom is -0.395 e. The van der Waals surface area contributed by atoms with Crippen molar-refractivity contribution in [3.63, 3.8) is 0 Å². The zero-order chi connectivity index (χ0) is 15.1. The highest BCUT2D eigenvalue weighted by molar-refractivity contribution is 5.92. The van der Waals surface area contributed by atoms with Crippen LogP contribution < -0.4 is 5.32 Å². The molecule has 1 heterocycles. The molecule has 2 N–H and O–H groups in total. The van der Waals surface area contributed by atoms with Crippen LogP contribution in [0.3, 0.4) is 0 Å². The number of carbonyl (C=O) groups is 1. The molecule has 0 bridgehead atoms. The van der Waals surface area contributed by atoms with Gasteiger partial charge in [-0.15, -0.1) is 0 Å². The molecule has 0 atom stereocenters. The van der Waals surface area contributed by atoms with E-state index in [9.17, 15) is 9.90 Å². The SMILES string of the molecule is CCNc1cnc(C(=O)N(CCO)C2CCCCC2)cn1. The fraction of sp³-hybridized carbons (Fsp3) is 0.667. The summed E-state index contributed by atoms with van der Waals surface area (Å²) in [4.78, 5) is 22.7. The second-order valence-corrected chi connectivity index (χ2v) is 5.33. The number of anilines is 1. The van der Waals surface area contributed by atoms with Crippen LogP contribution in [0.25, 0.3) is 0 Å². The van der Waals surface area contributed by atoms with Crippen molar-refractivity contribution in [1.82, 2.24) is 14.9 Å². The highest BCUT2D eigenvalue weighted by atomic mass is 16.3. The standard InChI is InChI=1S/C15H24N4O2/c1-2-16-14-11-17-13(10-18-14)15(21)19(8-9-20)12-6-4-3-5-7-12/h10-12,20H,2-9H2,1H3,(H,16,18). The van der Waals surface area contributed by atoms with Crippen LogP contribution in [-0.4, -0.2) is 51.6 Å². The van der Waals surface area contributed by atoms with E-state index in [0.717, 1.165) is 32.2 Å². The molecule has 1 aromatic heterocycles. The molecule has 0 unspecified atom stereocenters. The van der Waals surface area contributed by atoms with Crippen molar-refractivity contribution in [2.45, 2.75) is 45.1 Å². The van der Waals surface area contributed by atoms with Gasteiger partial charge in [0.1, 0.15) is 11.5 Å². The van der Waals surface area contributed by atoms with Crippen LogP contribution in [0.2, 0.25) is 0 Å². The molecule has 0 aliphatic heterocycles. The maximum absolute atomic E-state index is 12.6. The summed E-state index contributed by atoms with van der Waals surface area (Å²) in [6.45, 7) is 3.08. The second-order valence-electron chi connectivity index (χ2n) is 5.33. The van der Waals surface area contributed by atoms with E-state index in [1.807, 2.05) is 6.92 Å². The lowest BCUT2D eigenvalue weighted by atomic mass is 9.94. The molecule has 6 heteroatoms. The number of rotatable bonds is 6. The van der Waals surface area contributed by atoms with E-state index in [1.165, 1.54) is 12.6 Å². The maximum Gasteiger partial charge on any atom is 0.274 e. The highest BCUT2D eigenvalue weighted by Crippen LogP contribution is 2.23. The zero-order valence-electron chi connectivity index (χ0n) is 12.6.